The van der Waals surface area contributed by atoms with Gasteiger partial charge in [-0.2, -0.15) is 0 Å². The zero-order valence-corrected chi connectivity index (χ0v) is 15.0. The van der Waals surface area contributed by atoms with Gasteiger partial charge in [0, 0.05) is 12.6 Å². The number of nitrogens with one attached hydrogen (secondary N) is 1. The third-order valence-electron chi connectivity index (χ3n) is 4.45. The zero-order chi connectivity index (χ0) is 17.3. The summed E-state index contributed by atoms with van der Waals surface area (Å²) < 4.78 is 23.1. The molecule has 4 N–H and O–H groups in total. The van der Waals surface area contributed by atoms with Crippen molar-refractivity contribution in [2.24, 2.45) is 11.7 Å². The molecule has 1 fully saturated rings. The number of aliphatic hydroxyl groups excluding tert-OH is 1. The van der Waals surface area contributed by atoms with Gasteiger partial charge in [0.05, 0.1) is 11.9 Å². The number of rotatable bonds is 10. The van der Waals surface area contributed by atoms with Gasteiger partial charge in [-0.15, -0.1) is 0 Å². The topological polar surface area (TPSA) is 109 Å². The van der Waals surface area contributed by atoms with Gasteiger partial charge >= 0.3 is 0 Å². The maximum atomic E-state index is 11.6. The molecule has 1 aliphatic carbocycles. The molecule has 23 heavy (non-hydrogen) atoms. The Morgan fingerprint density at radius 2 is 1.96 bits per heavy atom. The highest BCUT2D eigenvalue weighted by Gasteiger charge is 2.22. The first kappa shape index (κ1) is 20.4. The van der Waals surface area contributed by atoms with Gasteiger partial charge in [-0.25, -0.2) is 8.42 Å². The summed E-state index contributed by atoms with van der Waals surface area (Å²) in [5.41, 5.74) is 6.05. The molecule has 1 saturated carbocycles. The average molecular weight is 349 g/mol. The molecule has 6 nitrogen and oxygen atoms in total. The van der Waals surface area contributed by atoms with E-state index in [0.717, 1.165) is 6.42 Å². The number of hydrogen-bond acceptors (Lipinski definition) is 5. The first-order valence-corrected chi connectivity index (χ1v) is 10.6. The van der Waals surface area contributed by atoms with E-state index in [9.17, 15) is 18.3 Å². The molecule has 1 rings (SSSR count). The Hall–Kier alpha value is -0.660. The smallest absolute Gasteiger partial charge is 0.235 e. The van der Waals surface area contributed by atoms with Crippen LogP contribution in [-0.2, 0) is 14.6 Å². The molecule has 0 aromatic heterocycles. The van der Waals surface area contributed by atoms with Crippen LogP contribution in [-0.4, -0.2) is 49.6 Å². The number of hydrogen-bond donors (Lipinski definition) is 3. The van der Waals surface area contributed by atoms with Crippen molar-refractivity contribution in [3.8, 4) is 0 Å². The summed E-state index contributed by atoms with van der Waals surface area (Å²) in [6, 6.07) is -0.279. The van der Waals surface area contributed by atoms with Crippen molar-refractivity contribution in [1.82, 2.24) is 5.32 Å². The van der Waals surface area contributed by atoms with Crippen LogP contribution < -0.4 is 11.1 Å². The minimum Gasteiger partial charge on any atom is -0.391 e. The second-order valence-corrected chi connectivity index (χ2v) is 8.89. The lowest BCUT2D eigenvalue weighted by Gasteiger charge is -2.27. The highest BCUT2D eigenvalue weighted by molar-refractivity contribution is 7.92. The fourth-order valence-electron chi connectivity index (χ4n) is 3.17. The van der Waals surface area contributed by atoms with Crippen LogP contribution in [0.4, 0.5) is 0 Å². The van der Waals surface area contributed by atoms with Crippen LogP contribution >= 0.6 is 0 Å². The first-order chi connectivity index (χ1) is 10.8. The predicted octanol–water partition coefficient (Wildman–Crippen LogP) is 0.976. The molecule has 0 saturated heterocycles. The molecule has 0 heterocycles. The number of amides is 1. The predicted molar refractivity (Wildman–Crippen MR) is 91.7 cm³/mol. The highest BCUT2D eigenvalue weighted by Crippen LogP contribution is 2.27. The van der Waals surface area contributed by atoms with Gasteiger partial charge < -0.3 is 16.2 Å². The summed E-state index contributed by atoms with van der Waals surface area (Å²) in [6.45, 7) is 2.01. The van der Waals surface area contributed by atoms with Gasteiger partial charge in [0.15, 0.2) is 9.84 Å². The monoisotopic (exact) mass is 348 g/mol. The molecule has 0 aromatic rings. The van der Waals surface area contributed by atoms with E-state index in [2.05, 4.69) is 5.32 Å². The van der Waals surface area contributed by atoms with Crippen molar-refractivity contribution in [3.63, 3.8) is 0 Å². The molecule has 0 bridgehead atoms. The number of sulfone groups is 1. The van der Waals surface area contributed by atoms with Crippen LogP contribution in [0.25, 0.3) is 0 Å². The molecular formula is C16H32N2O4S. The van der Waals surface area contributed by atoms with Gasteiger partial charge in [0.2, 0.25) is 5.91 Å². The summed E-state index contributed by atoms with van der Waals surface area (Å²) in [7, 11) is -3.32. The molecule has 2 atom stereocenters. The van der Waals surface area contributed by atoms with Crippen LogP contribution in [0.15, 0.2) is 0 Å². The standard InChI is InChI=1S/C16H32N2O4S/c1-2-10-23(21,22)12-16(20)18-9-8-15(19)14(17)11-13-6-4-3-5-7-13/h13-15,19H,2-12,17H2,1H3,(H,18,20)/t14-,15-/m0/s1. The summed E-state index contributed by atoms with van der Waals surface area (Å²) in [4.78, 5) is 11.6. The molecular weight excluding hydrogens is 316 g/mol. The van der Waals surface area contributed by atoms with Crippen molar-refractivity contribution in [2.45, 2.75) is 70.4 Å². The van der Waals surface area contributed by atoms with E-state index in [4.69, 9.17) is 5.73 Å². The van der Waals surface area contributed by atoms with Gasteiger partial charge in [-0.05, 0) is 25.2 Å². The van der Waals surface area contributed by atoms with Gasteiger partial charge in [0.25, 0.3) is 0 Å². The summed E-state index contributed by atoms with van der Waals surface area (Å²) >= 11 is 0. The molecule has 136 valence electrons. The Morgan fingerprint density at radius 1 is 1.30 bits per heavy atom. The number of carbonyl (C=O) groups is 1. The SMILES string of the molecule is CCCS(=O)(=O)CC(=O)NCC[C@H](O)[C@@H](N)CC1CCCCC1. The Labute approximate surface area is 140 Å². The van der Waals surface area contributed by atoms with Crippen LogP contribution in [0.5, 0.6) is 0 Å². The van der Waals surface area contributed by atoms with E-state index < -0.39 is 27.6 Å². The fourth-order valence-corrected chi connectivity index (χ4v) is 4.44. The van der Waals surface area contributed by atoms with E-state index in [0.29, 0.717) is 18.8 Å². The zero-order valence-electron chi connectivity index (χ0n) is 14.2. The Kier molecular flexibility index (Phi) is 9.09. The third-order valence-corrected chi connectivity index (χ3v) is 6.19. The highest BCUT2D eigenvalue weighted by atomic mass is 32.2. The lowest BCUT2D eigenvalue weighted by molar-refractivity contribution is -0.118. The summed E-state index contributed by atoms with van der Waals surface area (Å²) in [5, 5.41) is 12.6. The van der Waals surface area contributed by atoms with Crippen molar-refractivity contribution >= 4 is 15.7 Å². The number of aliphatic hydroxyl groups is 1. The molecule has 1 aliphatic rings. The van der Waals surface area contributed by atoms with Crippen molar-refractivity contribution < 1.29 is 18.3 Å². The number of nitrogens with two attached hydrogens (primary N) is 1. The summed E-state index contributed by atoms with van der Waals surface area (Å²) in [5.74, 6) is -0.367. The fraction of sp³-hybridized carbons (Fsp3) is 0.938. The van der Waals surface area contributed by atoms with E-state index in [-0.39, 0.29) is 18.3 Å². The van der Waals surface area contributed by atoms with Crippen LogP contribution in [0.2, 0.25) is 0 Å². The van der Waals surface area contributed by atoms with Crippen LogP contribution in [0, 0.1) is 5.92 Å². The summed E-state index contributed by atoms with van der Waals surface area (Å²) in [6.07, 6.45) is 7.17. The Bertz CT molecular complexity index is 447. The minimum absolute atomic E-state index is 0.0231. The van der Waals surface area contributed by atoms with E-state index in [1.54, 1.807) is 6.92 Å². The van der Waals surface area contributed by atoms with Gasteiger partial charge in [-0.3, -0.25) is 4.79 Å². The molecule has 0 aliphatic heterocycles. The Morgan fingerprint density at radius 3 is 2.57 bits per heavy atom. The minimum atomic E-state index is -3.32. The van der Waals surface area contributed by atoms with Crippen LogP contribution in [0.3, 0.4) is 0 Å². The Balaban J connectivity index is 2.21. The van der Waals surface area contributed by atoms with Crippen molar-refractivity contribution in [1.29, 1.82) is 0 Å². The van der Waals surface area contributed by atoms with Crippen LogP contribution in [0.1, 0.15) is 58.3 Å². The molecule has 0 radical (unpaired) electrons. The van der Waals surface area contributed by atoms with Crippen molar-refractivity contribution in [3.05, 3.63) is 0 Å². The third kappa shape index (κ3) is 8.67. The molecule has 7 heteroatoms. The first-order valence-electron chi connectivity index (χ1n) is 8.75. The lowest BCUT2D eigenvalue weighted by atomic mass is 9.83. The molecule has 0 aromatic carbocycles. The maximum Gasteiger partial charge on any atom is 0.235 e. The lowest BCUT2D eigenvalue weighted by Crippen LogP contribution is -2.40. The maximum absolute atomic E-state index is 11.6. The quantitative estimate of drug-likeness (QED) is 0.545. The second kappa shape index (κ2) is 10.3. The second-order valence-electron chi connectivity index (χ2n) is 6.70. The van der Waals surface area contributed by atoms with Gasteiger partial charge in [-0.1, -0.05) is 39.0 Å². The van der Waals surface area contributed by atoms with E-state index in [1.165, 1.54) is 32.1 Å². The molecule has 0 spiro atoms. The van der Waals surface area contributed by atoms with Crippen molar-refractivity contribution in [2.75, 3.05) is 18.1 Å². The number of carbonyl (C=O) groups excluding carboxylic acids is 1. The molecule has 1 amide bonds. The normalized spacial score (nSPS) is 19.3. The van der Waals surface area contributed by atoms with E-state index in [1.807, 2.05) is 0 Å². The van der Waals surface area contributed by atoms with Gasteiger partial charge in [0.1, 0.15) is 5.75 Å². The molecule has 0 unspecified atom stereocenters. The largest absolute Gasteiger partial charge is 0.391 e. The average Bonchev–Trinajstić information content (AvgIpc) is 2.47. The van der Waals surface area contributed by atoms with E-state index >= 15 is 0 Å².